The Hall–Kier alpha value is -3.05. The van der Waals surface area contributed by atoms with E-state index >= 15 is 0 Å². The lowest BCUT2D eigenvalue weighted by molar-refractivity contribution is 0.120. The van der Waals surface area contributed by atoms with Crippen molar-refractivity contribution in [2.75, 3.05) is 6.61 Å². The fourth-order valence-electron chi connectivity index (χ4n) is 4.66. The molecule has 0 aromatic heterocycles. The van der Waals surface area contributed by atoms with Gasteiger partial charge in [-0.3, -0.25) is 0 Å². The molecule has 2 nitrogen and oxygen atoms in total. The molecule has 1 N–H and O–H groups in total. The molecular formula is C30H31F3O2. The average Bonchev–Trinajstić information content (AvgIpc) is 2.87. The van der Waals surface area contributed by atoms with Crippen LogP contribution in [0, 0.1) is 23.4 Å². The first-order valence-electron chi connectivity index (χ1n) is 12.2. The van der Waals surface area contributed by atoms with Crippen molar-refractivity contribution in [3.8, 4) is 16.9 Å². The number of halogens is 3. The van der Waals surface area contributed by atoms with E-state index in [4.69, 9.17) is 4.74 Å². The predicted octanol–water partition coefficient (Wildman–Crippen LogP) is 7.52. The lowest BCUT2D eigenvalue weighted by atomic mass is 9.83. The normalized spacial score (nSPS) is 16.6. The molecule has 0 radical (unpaired) electrons. The van der Waals surface area contributed by atoms with Gasteiger partial charge < -0.3 is 9.84 Å². The molecule has 4 rings (SSSR count). The Kier molecular flexibility index (Phi) is 7.97. The van der Waals surface area contributed by atoms with E-state index in [2.05, 4.69) is 0 Å². The molecular weight excluding hydrogens is 449 g/mol. The summed E-state index contributed by atoms with van der Waals surface area (Å²) in [5.74, 6) is -1.58. The van der Waals surface area contributed by atoms with Crippen LogP contribution in [0.25, 0.3) is 16.7 Å². The molecule has 1 aliphatic rings. The van der Waals surface area contributed by atoms with Gasteiger partial charge in [-0.2, -0.15) is 0 Å². The van der Waals surface area contributed by atoms with Crippen molar-refractivity contribution in [1.82, 2.24) is 0 Å². The maximum absolute atomic E-state index is 14.9. The SMILES string of the molecule is CCOc1ccc(-c2ccc(CCc3ccc(C4=CCC(C(C)O)CC4)c(F)c3F)cc2)cc1F. The number of hydrogen-bond donors (Lipinski definition) is 1. The van der Waals surface area contributed by atoms with Crippen LogP contribution in [0.1, 0.15) is 49.8 Å². The van der Waals surface area contributed by atoms with Gasteiger partial charge in [-0.15, -0.1) is 0 Å². The summed E-state index contributed by atoms with van der Waals surface area (Å²) < 4.78 is 49.1. The molecule has 0 bridgehead atoms. The maximum atomic E-state index is 14.9. The summed E-state index contributed by atoms with van der Waals surface area (Å²) in [6.07, 6.45) is 4.55. The minimum absolute atomic E-state index is 0.172. The molecule has 1 aliphatic carbocycles. The minimum Gasteiger partial charge on any atom is -0.491 e. The first kappa shape index (κ1) is 25.1. The lowest BCUT2D eigenvalue weighted by Gasteiger charge is -2.24. The van der Waals surface area contributed by atoms with E-state index in [1.54, 1.807) is 25.1 Å². The number of aliphatic hydroxyl groups is 1. The number of rotatable bonds is 8. The Bertz CT molecular complexity index is 1200. The third-order valence-corrected chi connectivity index (χ3v) is 6.84. The van der Waals surface area contributed by atoms with Crippen LogP contribution < -0.4 is 4.74 Å². The van der Waals surface area contributed by atoms with Crippen molar-refractivity contribution >= 4 is 5.57 Å². The summed E-state index contributed by atoms with van der Waals surface area (Å²) in [5, 5.41) is 9.75. The topological polar surface area (TPSA) is 29.5 Å². The number of aliphatic hydroxyl groups excluding tert-OH is 1. The van der Waals surface area contributed by atoms with Crippen molar-refractivity contribution in [2.24, 2.45) is 5.92 Å². The second kappa shape index (κ2) is 11.1. The van der Waals surface area contributed by atoms with Gasteiger partial charge >= 0.3 is 0 Å². The average molecular weight is 481 g/mol. The highest BCUT2D eigenvalue weighted by Crippen LogP contribution is 2.34. The maximum Gasteiger partial charge on any atom is 0.166 e. The van der Waals surface area contributed by atoms with Crippen LogP contribution in [0.4, 0.5) is 13.2 Å². The largest absolute Gasteiger partial charge is 0.491 e. The van der Waals surface area contributed by atoms with Gasteiger partial charge in [0.05, 0.1) is 12.7 Å². The molecule has 2 atom stereocenters. The van der Waals surface area contributed by atoms with Gasteiger partial charge in [-0.25, -0.2) is 13.2 Å². The van der Waals surface area contributed by atoms with E-state index in [0.717, 1.165) is 28.7 Å². The Balaban J connectivity index is 1.42. The number of benzene rings is 3. The van der Waals surface area contributed by atoms with Gasteiger partial charge in [0.1, 0.15) is 0 Å². The highest BCUT2D eigenvalue weighted by atomic mass is 19.2. The zero-order chi connectivity index (χ0) is 24.9. The summed E-state index contributed by atoms with van der Waals surface area (Å²) in [6.45, 7) is 3.98. The quantitative estimate of drug-likeness (QED) is 0.361. The fourth-order valence-corrected chi connectivity index (χ4v) is 4.66. The lowest BCUT2D eigenvalue weighted by Crippen LogP contribution is -2.18. The van der Waals surface area contributed by atoms with Crippen LogP contribution in [0.5, 0.6) is 5.75 Å². The highest BCUT2D eigenvalue weighted by Gasteiger charge is 2.22. The molecule has 184 valence electrons. The summed E-state index contributed by atoms with van der Waals surface area (Å²) in [4.78, 5) is 0. The van der Waals surface area contributed by atoms with E-state index in [1.165, 1.54) is 6.07 Å². The molecule has 35 heavy (non-hydrogen) atoms. The molecule has 5 heteroatoms. The monoisotopic (exact) mass is 480 g/mol. The molecule has 0 saturated carbocycles. The Morgan fingerprint density at radius 3 is 2.31 bits per heavy atom. The van der Waals surface area contributed by atoms with Crippen molar-refractivity contribution < 1.29 is 23.0 Å². The molecule has 0 amide bonds. The van der Waals surface area contributed by atoms with Crippen LogP contribution in [0.2, 0.25) is 0 Å². The van der Waals surface area contributed by atoms with Gasteiger partial charge in [-0.05, 0) is 91.8 Å². The van der Waals surface area contributed by atoms with E-state index < -0.39 is 23.6 Å². The Morgan fingerprint density at radius 2 is 1.69 bits per heavy atom. The fraction of sp³-hybridized carbons (Fsp3) is 0.333. The molecule has 2 unspecified atom stereocenters. The second-order valence-electron chi connectivity index (χ2n) is 9.18. The zero-order valence-corrected chi connectivity index (χ0v) is 20.2. The molecule has 3 aromatic carbocycles. The van der Waals surface area contributed by atoms with E-state index in [1.807, 2.05) is 43.3 Å². The van der Waals surface area contributed by atoms with Crippen LogP contribution in [0.15, 0.2) is 60.7 Å². The highest BCUT2D eigenvalue weighted by molar-refractivity contribution is 5.67. The standard InChI is InChI=1S/C30H31F3O2/c1-3-35-28-17-15-25(18-27(28)31)22-7-4-20(5-8-22)6-9-24-14-16-26(30(33)29(24)32)23-12-10-21(11-13-23)19(2)34/h4-5,7-8,12,14-19,21,34H,3,6,9-11,13H2,1-2H3. The third-order valence-electron chi connectivity index (χ3n) is 6.84. The van der Waals surface area contributed by atoms with Crippen molar-refractivity contribution in [2.45, 2.75) is 52.1 Å². The van der Waals surface area contributed by atoms with Gasteiger partial charge in [0.15, 0.2) is 23.2 Å². The smallest absolute Gasteiger partial charge is 0.166 e. The molecule has 0 saturated heterocycles. The van der Waals surface area contributed by atoms with Crippen molar-refractivity contribution in [3.63, 3.8) is 0 Å². The summed E-state index contributed by atoms with van der Waals surface area (Å²) in [5.41, 5.74) is 4.09. The van der Waals surface area contributed by atoms with Crippen LogP contribution in [0.3, 0.4) is 0 Å². The van der Waals surface area contributed by atoms with Gasteiger partial charge in [0, 0.05) is 5.56 Å². The summed E-state index contributed by atoms with van der Waals surface area (Å²) >= 11 is 0. The minimum atomic E-state index is -0.794. The van der Waals surface area contributed by atoms with Gasteiger partial charge in [0.2, 0.25) is 0 Å². The van der Waals surface area contributed by atoms with E-state index in [-0.39, 0.29) is 11.7 Å². The number of ether oxygens (including phenoxy) is 1. The Labute approximate surface area is 205 Å². The number of allylic oxidation sites excluding steroid dienone is 2. The predicted molar refractivity (Wildman–Crippen MR) is 134 cm³/mol. The first-order valence-corrected chi connectivity index (χ1v) is 12.2. The van der Waals surface area contributed by atoms with Crippen LogP contribution in [-0.4, -0.2) is 17.8 Å². The van der Waals surface area contributed by atoms with Crippen LogP contribution in [-0.2, 0) is 12.8 Å². The second-order valence-corrected chi connectivity index (χ2v) is 9.18. The van der Waals surface area contributed by atoms with Gasteiger partial charge in [-0.1, -0.05) is 48.5 Å². The molecule has 0 heterocycles. The van der Waals surface area contributed by atoms with Gasteiger partial charge in [0.25, 0.3) is 0 Å². The Morgan fingerprint density at radius 1 is 0.943 bits per heavy atom. The van der Waals surface area contributed by atoms with Crippen molar-refractivity contribution in [3.05, 3.63) is 94.8 Å². The third kappa shape index (κ3) is 5.79. The first-order chi connectivity index (χ1) is 16.9. The molecule has 0 aliphatic heterocycles. The van der Waals surface area contributed by atoms with E-state index in [9.17, 15) is 18.3 Å². The van der Waals surface area contributed by atoms with E-state index in [0.29, 0.717) is 43.4 Å². The van der Waals surface area contributed by atoms with Crippen LogP contribution >= 0.6 is 0 Å². The summed E-state index contributed by atoms with van der Waals surface area (Å²) in [6, 6.07) is 15.9. The number of aryl methyl sites for hydroxylation is 2. The van der Waals surface area contributed by atoms with Crippen molar-refractivity contribution in [1.29, 1.82) is 0 Å². The summed E-state index contributed by atoms with van der Waals surface area (Å²) in [7, 11) is 0. The number of hydrogen-bond acceptors (Lipinski definition) is 2. The molecule has 3 aromatic rings. The zero-order valence-electron chi connectivity index (χ0n) is 20.2. The molecule has 0 spiro atoms. The molecule has 0 fully saturated rings.